The Balaban J connectivity index is 2.39. The van der Waals surface area contributed by atoms with E-state index in [0.717, 1.165) is 0 Å². The van der Waals surface area contributed by atoms with Gasteiger partial charge in [-0.05, 0) is 39.7 Å². The zero-order valence-electron chi connectivity index (χ0n) is 9.59. The second-order valence-electron chi connectivity index (χ2n) is 3.71. The molecule has 2 aromatic carbocycles. The molecule has 2 aromatic rings. The summed E-state index contributed by atoms with van der Waals surface area (Å²) in [5.41, 5.74) is 6.05. The second-order valence-corrected chi connectivity index (χ2v) is 4.91. The van der Waals surface area contributed by atoms with Gasteiger partial charge in [-0.2, -0.15) is 0 Å². The van der Waals surface area contributed by atoms with Gasteiger partial charge in [0.15, 0.2) is 23.1 Å². The van der Waals surface area contributed by atoms with Gasteiger partial charge in [0.05, 0.1) is 9.50 Å². The first-order chi connectivity index (χ1) is 9.04. The molecule has 0 aliphatic heterocycles. The minimum absolute atomic E-state index is 0.0875. The number of rotatable bonds is 3. The third-order valence-corrected chi connectivity index (χ3v) is 3.63. The highest BCUT2D eigenvalue weighted by Crippen LogP contribution is 2.34. The zero-order valence-corrected chi connectivity index (χ0v) is 11.9. The highest BCUT2D eigenvalue weighted by Gasteiger charge is 2.15. The molecule has 2 N–H and O–H groups in total. The average molecular weight is 349 g/mol. The summed E-state index contributed by atoms with van der Waals surface area (Å²) in [5.74, 6) is -1.62. The number of hydrogen-bond acceptors (Lipinski definition) is 2. The van der Waals surface area contributed by atoms with Crippen molar-refractivity contribution in [3.8, 4) is 11.5 Å². The average Bonchev–Trinajstić information content (AvgIpc) is 2.40. The fourth-order valence-corrected chi connectivity index (χ4v) is 2.14. The van der Waals surface area contributed by atoms with Crippen LogP contribution in [0.15, 0.2) is 34.8 Å². The summed E-state index contributed by atoms with van der Waals surface area (Å²) >= 11 is 8.71. The Morgan fingerprint density at radius 2 is 1.79 bits per heavy atom. The van der Waals surface area contributed by atoms with Crippen LogP contribution < -0.4 is 10.5 Å². The Morgan fingerprint density at radius 1 is 1.11 bits per heavy atom. The van der Waals surface area contributed by atoms with E-state index >= 15 is 0 Å². The van der Waals surface area contributed by atoms with E-state index in [9.17, 15) is 8.78 Å². The molecule has 2 nitrogen and oxygen atoms in total. The van der Waals surface area contributed by atoms with E-state index < -0.39 is 11.6 Å². The van der Waals surface area contributed by atoms with Crippen molar-refractivity contribution in [3.63, 3.8) is 0 Å². The summed E-state index contributed by atoms with van der Waals surface area (Å²) in [7, 11) is 0. The molecule has 0 atom stereocenters. The monoisotopic (exact) mass is 347 g/mol. The van der Waals surface area contributed by atoms with Crippen molar-refractivity contribution >= 4 is 27.5 Å². The van der Waals surface area contributed by atoms with E-state index in [-0.39, 0.29) is 27.5 Å². The lowest BCUT2D eigenvalue weighted by Gasteiger charge is -2.11. The van der Waals surface area contributed by atoms with Gasteiger partial charge in [-0.25, -0.2) is 8.78 Å². The van der Waals surface area contributed by atoms with Gasteiger partial charge in [-0.3, -0.25) is 0 Å². The maximum absolute atomic E-state index is 14.0. The van der Waals surface area contributed by atoms with E-state index in [1.54, 1.807) is 6.07 Å². The Kier molecular flexibility index (Phi) is 4.39. The largest absolute Gasteiger partial charge is 0.451 e. The summed E-state index contributed by atoms with van der Waals surface area (Å²) in [6, 6.07) is 7.26. The molecule has 0 unspecified atom stereocenters. The number of nitrogens with two attached hydrogens (primary N) is 1. The molecule has 0 saturated carbocycles. The number of hydrogen-bond donors (Lipinski definition) is 1. The molecule has 0 radical (unpaired) electrons. The molecule has 0 aromatic heterocycles. The normalized spacial score (nSPS) is 10.6. The molecule has 0 bridgehead atoms. The zero-order chi connectivity index (χ0) is 14.0. The van der Waals surface area contributed by atoms with Crippen molar-refractivity contribution in [2.75, 3.05) is 0 Å². The molecule has 6 heteroatoms. The first-order valence-electron chi connectivity index (χ1n) is 5.33. The van der Waals surface area contributed by atoms with Crippen molar-refractivity contribution in [3.05, 3.63) is 57.0 Å². The summed E-state index contributed by atoms with van der Waals surface area (Å²) in [6.07, 6.45) is 0. The van der Waals surface area contributed by atoms with Crippen LogP contribution in [-0.2, 0) is 6.54 Å². The second kappa shape index (κ2) is 5.86. The van der Waals surface area contributed by atoms with Crippen LogP contribution in [0.1, 0.15) is 5.56 Å². The van der Waals surface area contributed by atoms with Crippen molar-refractivity contribution in [1.82, 2.24) is 0 Å². The van der Waals surface area contributed by atoms with Crippen LogP contribution in [0.25, 0.3) is 0 Å². The fraction of sp³-hybridized carbons (Fsp3) is 0.0769. The maximum Gasteiger partial charge on any atom is 0.184 e. The summed E-state index contributed by atoms with van der Waals surface area (Å²) in [5, 5.41) is -0.0875. The molecule has 0 amide bonds. The number of benzene rings is 2. The molecular weight excluding hydrogens is 340 g/mol. The van der Waals surface area contributed by atoms with Gasteiger partial charge in [0.1, 0.15) is 0 Å². The van der Waals surface area contributed by atoms with E-state index in [1.165, 1.54) is 24.3 Å². The predicted octanol–water partition coefficient (Wildman–Crippen LogP) is 4.63. The van der Waals surface area contributed by atoms with Crippen LogP contribution in [0.5, 0.6) is 11.5 Å². The highest BCUT2D eigenvalue weighted by atomic mass is 79.9. The molecule has 19 heavy (non-hydrogen) atoms. The van der Waals surface area contributed by atoms with Gasteiger partial charge in [0.2, 0.25) is 0 Å². The number of halogens is 4. The highest BCUT2D eigenvalue weighted by molar-refractivity contribution is 9.10. The van der Waals surface area contributed by atoms with E-state index in [1.807, 2.05) is 0 Å². The molecule has 100 valence electrons. The molecular formula is C13H9BrClF2NO. The molecule has 0 aliphatic rings. The smallest absolute Gasteiger partial charge is 0.184 e. The summed E-state index contributed by atoms with van der Waals surface area (Å²) in [6.45, 7) is 0.184. The van der Waals surface area contributed by atoms with Gasteiger partial charge in [-0.1, -0.05) is 23.7 Å². The Morgan fingerprint density at radius 3 is 2.47 bits per heavy atom. The standard InChI is InChI=1S/C13H9BrClF2NO/c14-11-7(6-18)4-5-10(13(11)17)19-9-3-1-2-8(15)12(9)16/h1-5H,6,18H2. The fourth-order valence-electron chi connectivity index (χ4n) is 1.49. The lowest BCUT2D eigenvalue weighted by atomic mass is 10.2. The lowest BCUT2D eigenvalue weighted by molar-refractivity contribution is 0.413. The topological polar surface area (TPSA) is 35.2 Å². The predicted molar refractivity (Wildman–Crippen MR) is 73.5 cm³/mol. The van der Waals surface area contributed by atoms with Crippen LogP contribution in [0.3, 0.4) is 0 Å². The van der Waals surface area contributed by atoms with Gasteiger partial charge in [0.25, 0.3) is 0 Å². The summed E-state index contributed by atoms with van der Waals surface area (Å²) < 4.78 is 33.0. The minimum atomic E-state index is -0.734. The van der Waals surface area contributed by atoms with Gasteiger partial charge >= 0.3 is 0 Å². The number of ether oxygens (including phenoxy) is 1. The van der Waals surface area contributed by atoms with Crippen molar-refractivity contribution < 1.29 is 13.5 Å². The first-order valence-corrected chi connectivity index (χ1v) is 6.50. The SMILES string of the molecule is NCc1ccc(Oc2cccc(Cl)c2F)c(F)c1Br. The van der Waals surface area contributed by atoms with E-state index in [0.29, 0.717) is 5.56 Å². The van der Waals surface area contributed by atoms with Gasteiger partial charge < -0.3 is 10.5 Å². The third kappa shape index (κ3) is 2.88. The van der Waals surface area contributed by atoms with Crippen LogP contribution in [0.4, 0.5) is 8.78 Å². The van der Waals surface area contributed by atoms with E-state index in [4.69, 9.17) is 22.1 Å². The third-order valence-electron chi connectivity index (χ3n) is 2.48. The Bertz CT molecular complexity index is 622. The van der Waals surface area contributed by atoms with Gasteiger partial charge in [-0.15, -0.1) is 0 Å². The van der Waals surface area contributed by atoms with Crippen LogP contribution in [-0.4, -0.2) is 0 Å². The molecule has 0 spiro atoms. The first kappa shape index (κ1) is 14.2. The van der Waals surface area contributed by atoms with Crippen molar-refractivity contribution in [2.45, 2.75) is 6.54 Å². The maximum atomic E-state index is 14.0. The van der Waals surface area contributed by atoms with Crippen LogP contribution in [0.2, 0.25) is 5.02 Å². The molecule has 0 aliphatic carbocycles. The Labute approximate surface area is 122 Å². The molecule has 0 fully saturated rings. The minimum Gasteiger partial charge on any atom is -0.451 e. The Hall–Kier alpha value is -1.17. The van der Waals surface area contributed by atoms with E-state index in [2.05, 4.69) is 15.9 Å². The van der Waals surface area contributed by atoms with Crippen molar-refractivity contribution in [1.29, 1.82) is 0 Å². The lowest BCUT2D eigenvalue weighted by Crippen LogP contribution is -2.00. The molecule has 0 saturated heterocycles. The van der Waals surface area contributed by atoms with Gasteiger partial charge in [0, 0.05) is 6.54 Å². The molecule has 2 rings (SSSR count). The van der Waals surface area contributed by atoms with Crippen LogP contribution >= 0.6 is 27.5 Å². The quantitative estimate of drug-likeness (QED) is 0.877. The molecule has 0 heterocycles. The van der Waals surface area contributed by atoms with Crippen LogP contribution in [0, 0.1) is 11.6 Å². The van der Waals surface area contributed by atoms with Crippen molar-refractivity contribution in [2.24, 2.45) is 5.73 Å². The summed E-state index contributed by atoms with van der Waals surface area (Å²) in [4.78, 5) is 0.